The molecule has 0 radical (unpaired) electrons. The van der Waals surface area contributed by atoms with Crippen molar-refractivity contribution in [2.24, 2.45) is 0 Å². The molecular weight excluding hydrogens is 841 g/mol. The number of ether oxygens (including phenoxy) is 3. The maximum atomic E-state index is 12.8. The van der Waals surface area contributed by atoms with Gasteiger partial charge in [-0.2, -0.15) is 0 Å². The fourth-order valence-electron chi connectivity index (χ4n) is 7.17. The zero-order valence-electron chi connectivity index (χ0n) is 43.8. The molecule has 384 valence electrons. The van der Waals surface area contributed by atoms with Gasteiger partial charge in [-0.3, -0.25) is 14.4 Å². The molecule has 0 fully saturated rings. The van der Waals surface area contributed by atoms with E-state index >= 15 is 0 Å². The maximum Gasteiger partial charge on any atom is 0.306 e. The number of carbonyl (C=O) groups is 3. The Balaban J connectivity index is 4.54. The second-order valence-corrected chi connectivity index (χ2v) is 17.9. The number of allylic oxidation sites excluding steroid dienone is 20. The third kappa shape index (κ3) is 52.8. The molecule has 1 atom stereocenters. The SMILES string of the molecule is CC/C=C\C/C=C\C/C=C\CCCCCCC(=O)OCC(COC(=O)CCCCCCC\C=C/C=C\C=C/C=C\CCCCC)OC(=O)CCCCCCC\C=C/C=C\C=C/CCCCCCC. The Morgan fingerprint density at radius 2 is 0.632 bits per heavy atom. The van der Waals surface area contributed by atoms with Gasteiger partial charge in [0.1, 0.15) is 13.2 Å². The number of esters is 3. The third-order valence-electron chi connectivity index (χ3n) is 11.3. The van der Waals surface area contributed by atoms with Crippen LogP contribution in [0.2, 0.25) is 0 Å². The van der Waals surface area contributed by atoms with Gasteiger partial charge in [-0.1, -0.05) is 232 Å². The quantitative estimate of drug-likeness (QED) is 0.0199. The van der Waals surface area contributed by atoms with E-state index in [0.717, 1.165) is 141 Å². The molecule has 68 heavy (non-hydrogen) atoms. The Morgan fingerprint density at radius 1 is 0.324 bits per heavy atom. The van der Waals surface area contributed by atoms with E-state index in [9.17, 15) is 14.4 Å². The van der Waals surface area contributed by atoms with Gasteiger partial charge in [0.25, 0.3) is 0 Å². The molecule has 0 rings (SSSR count). The van der Waals surface area contributed by atoms with E-state index in [1.54, 1.807) is 0 Å². The van der Waals surface area contributed by atoms with E-state index in [1.165, 1.54) is 51.4 Å². The molecule has 0 saturated heterocycles. The molecule has 0 amide bonds. The summed E-state index contributed by atoms with van der Waals surface area (Å²) >= 11 is 0. The van der Waals surface area contributed by atoms with Crippen molar-refractivity contribution in [2.75, 3.05) is 13.2 Å². The number of hydrogen-bond acceptors (Lipinski definition) is 6. The maximum absolute atomic E-state index is 12.8. The second kappa shape index (κ2) is 55.4. The number of rotatable bonds is 48. The summed E-state index contributed by atoms with van der Waals surface area (Å²) in [5, 5.41) is 0. The predicted octanol–water partition coefficient (Wildman–Crippen LogP) is 18.5. The molecule has 0 aromatic carbocycles. The summed E-state index contributed by atoms with van der Waals surface area (Å²) in [4.78, 5) is 38.1. The van der Waals surface area contributed by atoms with Crippen molar-refractivity contribution in [3.63, 3.8) is 0 Å². The van der Waals surface area contributed by atoms with Crippen molar-refractivity contribution in [3.05, 3.63) is 122 Å². The lowest BCUT2D eigenvalue weighted by Gasteiger charge is -2.18. The van der Waals surface area contributed by atoms with Gasteiger partial charge >= 0.3 is 17.9 Å². The van der Waals surface area contributed by atoms with E-state index in [4.69, 9.17) is 14.2 Å². The highest BCUT2D eigenvalue weighted by Gasteiger charge is 2.19. The van der Waals surface area contributed by atoms with Crippen LogP contribution in [0.15, 0.2) is 122 Å². The van der Waals surface area contributed by atoms with Crippen molar-refractivity contribution in [1.29, 1.82) is 0 Å². The number of carbonyl (C=O) groups excluding carboxylic acids is 3. The summed E-state index contributed by atoms with van der Waals surface area (Å²) in [6, 6.07) is 0. The standard InChI is InChI=1S/C62H100O6/c1-4-7-10-13-16-19-22-25-28-30-32-34-37-40-43-46-49-52-55-61(64)67-58-59(57-66-60(63)54-51-48-45-42-39-36-27-24-21-18-15-12-9-6-3)68-62(65)56-53-50-47-44-41-38-35-33-31-29-26-23-20-17-14-11-8-5-2/h9,12,16,18-19,21-23,25-36,59H,4-8,10-11,13-15,17,20,24,37-58H2,1-3H3/b12-9-,19-16-,21-18-,25-22-,26-23-,30-28-,31-29-,34-32-,35-33-,36-27-. The average Bonchev–Trinajstić information content (AvgIpc) is 3.34. The molecule has 0 spiro atoms. The van der Waals surface area contributed by atoms with Crippen LogP contribution < -0.4 is 0 Å². The predicted molar refractivity (Wildman–Crippen MR) is 293 cm³/mol. The molecule has 0 N–H and O–H groups in total. The van der Waals surface area contributed by atoms with Crippen LogP contribution >= 0.6 is 0 Å². The van der Waals surface area contributed by atoms with E-state index < -0.39 is 6.10 Å². The lowest BCUT2D eigenvalue weighted by Crippen LogP contribution is -2.30. The molecule has 0 aliphatic carbocycles. The van der Waals surface area contributed by atoms with Crippen molar-refractivity contribution in [3.8, 4) is 0 Å². The summed E-state index contributed by atoms with van der Waals surface area (Å²) in [7, 11) is 0. The largest absolute Gasteiger partial charge is 0.462 e. The zero-order chi connectivity index (χ0) is 49.3. The Morgan fingerprint density at radius 3 is 1.06 bits per heavy atom. The van der Waals surface area contributed by atoms with Crippen LogP contribution in [0.3, 0.4) is 0 Å². The van der Waals surface area contributed by atoms with Gasteiger partial charge in [0.15, 0.2) is 6.10 Å². The summed E-state index contributed by atoms with van der Waals surface area (Å²) < 4.78 is 16.8. The minimum Gasteiger partial charge on any atom is -0.462 e. The highest BCUT2D eigenvalue weighted by molar-refractivity contribution is 5.71. The van der Waals surface area contributed by atoms with Gasteiger partial charge in [0.2, 0.25) is 0 Å². The first-order valence-electron chi connectivity index (χ1n) is 27.6. The smallest absolute Gasteiger partial charge is 0.306 e. The first kappa shape index (κ1) is 63.8. The Labute approximate surface area is 418 Å². The van der Waals surface area contributed by atoms with Crippen LogP contribution in [-0.2, 0) is 28.6 Å². The third-order valence-corrected chi connectivity index (χ3v) is 11.3. The van der Waals surface area contributed by atoms with Crippen molar-refractivity contribution in [2.45, 2.75) is 239 Å². The van der Waals surface area contributed by atoms with Crippen LogP contribution in [0.5, 0.6) is 0 Å². The molecule has 0 bridgehead atoms. The fraction of sp³-hybridized carbons (Fsp3) is 0.629. The van der Waals surface area contributed by atoms with Crippen molar-refractivity contribution in [1.82, 2.24) is 0 Å². The molecule has 6 heteroatoms. The molecule has 0 saturated carbocycles. The normalized spacial score (nSPS) is 13.0. The molecule has 0 aliphatic rings. The van der Waals surface area contributed by atoms with Gasteiger partial charge in [-0.15, -0.1) is 0 Å². The van der Waals surface area contributed by atoms with Crippen molar-refractivity contribution >= 4 is 17.9 Å². The van der Waals surface area contributed by atoms with Crippen LogP contribution in [-0.4, -0.2) is 37.2 Å². The van der Waals surface area contributed by atoms with Gasteiger partial charge < -0.3 is 14.2 Å². The van der Waals surface area contributed by atoms with Crippen LogP contribution in [0.25, 0.3) is 0 Å². The minimum atomic E-state index is -0.812. The Kier molecular flexibility index (Phi) is 52.0. The van der Waals surface area contributed by atoms with Gasteiger partial charge in [0.05, 0.1) is 0 Å². The van der Waals surface area contributed by atoms with E-state index in [2.05, 4.69) is 142 Å². The Bertz CT molecular complexity index is 1450. The first-order chi connectivity index (χ1) is 33.5. The van der Waals surface area contributed by atoms with Gasteiger partial charge in [0, 0.05) is 19.3 Å². The molecule has 0 aliphatic heterocycles. The Hall–Kier alpha value is -4.19. The highest BCUT2D eigenvalue weighted by atomic mass is 16.6. The molecule has 0 heterocycles. The summed E-state index contributed by atoms with van der Waals surface area (Å²) in [5.41, 5.74) is 0. The summed E-state index contributed by atoms with van der Waals surface area (Å²) in [5.74, 6) is -0.977. The lowest BCUT2D eigenvalue weighted by molar-refractivity contribution is -0.167. The van der Waals surface area contributed by atoms with E-state index in [0.29, 0.717) is 19.3 Å². The second-order valence-electron chi connectivity index (χ2n) is 17.9. The summed E-state index contributed by atoms with van der Waals surface area (Å²) in [6.07, 6.45) is 76.0. The molecule has 6 nitrogen and oxygen atoms in total. The van der Waals surface area contributed by atoms with E-state index in [-0.39, 0.29) is 31.1 Å². The molecule has 1 unspecified atom stereocenters. The number of hydrogen-bond donors (Lipinski definition) is 0. The molecule has 0 aromatic rings. The lowest BCUT2D eigenvalue weighted by atomic mass is 10.1. The van der Waals surface area contributed by atoms with Gasteiger partial charge in [-0.25, -0.2) is 0 Å². The van der Waals surface area contributed by atoms with Crippen LogP contribution in [0.1, 0.15) is 233 Å². The van der Waals surface area contributed by atoms with Gasteiger partial charge in [-0.05, 0) is 103 Å². The molecular formula is C62H100O6. The average molecular weight is 941 g/mol. The van der Waals surface area contributed by atoms with Crippen LogP contribution in [0, 0.1) is 0 Å². The molecule has 0 aromatic heterocycles. The van der Waals surface area contributed by atoms with Crippen molar-refractivity contribution < 1.29 is 28.6 Å². The fourth-order valence-corrected chi connectivity index (χ4v) is 7.17. The minimum absolute atomic E-state index is 0.110. The summed E-state index contributed by atoms with van der Waals surface area (Å²) in [6.45, 7) is 6.40. The monoisotopic (exact) mass is 941 g/mol. The first-order valence-corrected chi connectivity index (χ1v) is 27.6. The topological polar surface area (TPSA) is 78.9 Å². The zero-order valence-corrected chi connectivity index (χ0v) is 43.8. The van der Waals surface area contributed by atoms with Crippen LogP contribution in [0.4, 0.5) is 0 Å². The number of unbranched alkanes of at least 4 members (excludes halogenated alkanes) is 22. The highest BCUT2D eigenvalue weighted by Crippen LogP contribution is 2.13. The van der Waals surface area contributed by atoms with E-state index in [1.807, 2.05) is 0 Å².